The minimum absolute atomic E-state index is 0.0413. The molecule has 0 radical (unpaired) electrons. The quantitative estimate of drug-likeness (QED) is 0.359. The van der Waals surface area contributed by atoms with E-state index in [0.29, 0.717) is 24.3 Å². The molecule has 2 aromatic carbocycles. The highest BCUT2D eigenvalue weighted by atomic mass is 35.5. The van der Waals surface area contributed by atoms with Crippen LogP contribution in [-0.4, -0.2) is 13.5 Å². The first-order valence-electron chi connectivity index (χ1n) is 12.2. The number of fused-ring (bicyclic) bond motifs is 1. The van der Waals surface area contributed by atoms with Crippen LogP contribution in [0.25, 0.3) is 0 Å². The van der Waals surface area contributed by atoms with E-state index in [9.17, 15) is 18.3 Å². The Morgan fingerprint density at radius 3 is 2.36 bits per heavy atom. The molecule has 6 nitrogen and oxygen atoms in total. The SMILES string of the molecule is O=c1oc2c(c(O)c1C(c1cccc(NS(=O)(=O)c3cc(Cl)cc(Cl)c3)c1)C1CC1)CCCCCC2. The van der Waals surface area contributed by atoms with E-state index in [1.807, 2.05) is 6.07 Å². The average molecular weight is 548 g/mol. The molecule has 1 fully saturated rings. The van der Waals surface area contributed by atoms with Gasteiger partial charge in [-0.2, -0.15) is 0 Å². The average Bonchev–Trinajstić information content (AvgIpc) is 3.62. The Labute approximate surface area is 220 Å². The largest absolute Gasteiger partial charge is 0.507 e. The molecule has 9 heteroatoms. The Morgan fingerprint density at radius 1 is 0.972 bits per heavy atom. The highest BCUT2D eigenvalue weighted by molar-refractivity contribution is 7.92. The van der Waals surface area contributed by atoms with Gasteiger partial charge in [-0.1, -0.05) is 48.2 Å². The Balaban J connectivity index is 1.52. The zero-order valence-corrected chi connectivity index (χ0v) is 21.9. The number of aromatic hydroxyl groups is 1. The van der Waals surface area contributed by atoms with Crippen LogP contribution in [0.3, 0.4) is 0 Å². The van der Waals surface area contributed by atoms with Crippen LogP contribution in [0.15, 0.2) is 56.6 Å². The van der Waals surface area contributed by atoms with Crippen molar-refractivity contribution < 1.29 is 17.9 Å². The standard InChI is InChI=1S/C27H27Cl2NO5S/c28-18-13-19(29)15-21(14-18)36(33,34)30-20-7-5-6-17(12-20)24(16-10-11-16)25-26(31)22-8-3-1-2-4-9-23(22)35-27(25)32/h5-7,12-16,24,30-31H,1-4,8-11H2. The van der Waals surface area contributed by atoms with E-state index in [0.717, 1.165) is 49.7 Å². The molecule has 3 aromatic rings. The van der Waals surface area contributed by atoms with Gasteiger partial charge in [0.05, 0.1) is 10.5 Å². The maximum absolute atomic E-state index is 13.2. The predicted molar refractivity (Wildman–Crippen MR) is 141 cm³/mol. The van der Waals surface area contributed by atoms with Crippen molar-refractivity contribution in [2.24, 2.45) is 5.92 Å². The zero-order chi connectivity index (χ0) is 25.4. The first-order valence-corrected chi connectivity index (χ1v) is 14.4. The maximum atomic E-state index is 13.2. The molecule has 1 heterocycles. The summed E-state index contributed by atoms with van der Waals surface area (Å²) >= 11 is 12.0. The summed E-state index contributed by atoms with van der Waals surface area (Å²) in [4.78, 5) is 13.1. The zero-order valence-electron chi connectivity index (χ0n) is 19.6. The molecule has 0 bridgehead atoms. The molecule has 190 valence electrons. The van der Waals surface area contributed by atoms with E-state index in [4.69, 9.17) is 27.6 Å². The van der Waals surface area contributed by atoms with Gasteiger partial charge in [0.15, 0.2) is 0 Å². The Bertz CT molecular complexity index is 1440. The number of hydrogen-bond donors (Lipinski definition) is 2. The Kier molecular flexibility index (Phi) is 7.07. The third-order valence-corrected chi connectivity index (χ3v) is 8.74. The van der Waals surface area contributed by atoms with Crippen molar-refractivity contribution in [1.82, 2.24) is 0 Å². The molecule has 1 unspecified atom stereocenters. The van der Waals surface area contributed by atoms with Crippen molar-refractivity contribution in [2.45, 2.75) is 62.2 Å². The lowest BCUT2D eigenvalue weighted by atomic mass is 9.85. The van der Waals surface area contributed by atoms with Crippen LogP contribution in [0.2, 0.25) is 10.0 Å². The van der Waals surface area contributed by atoms with Gasteiger partial charge in [0, 0.05) is 33.6 Å². The summed E-state index contributed by atoms with van der Waals surface area (Å²) in [6.45, 7) is 0. The molecule has 0 aliphatic heterocycles. The molecule has 2 aliphatic carbocycles. The summed E-state index contributed by atoms with van der Waals surface area (Å²) < 4.78 is 34.3. The monoisotopic (exact) mass is 547 g/mol. The summed E-state index contributed by atoms with van der Waals surface area (Å²) in [6, 6.07) is 11.1. The first kappa shape index (κ1) is 25.2. The van der Waals surface area contributed by atoms with Crippen LogP contribution in [0.4, 0.5) is 5.69 Å². The van der Waals surface area contributed by atoms with Crippen molar-refractivity contribution in [3.05, 3.63) is 85.4 Å². The van der Waals surface area contributed by atoms with Crippen molar-refractivity contribution in [3.63, 3.8) is 0 Å². The number of hydrogen-bond acceptors (Lipinski definition) is 5. The molecule has 36 heavy (non-hydrogen) atoms. The lowest BCUT2D eigenvalue weighted by molar-refractivity contribution is 0.382. The fourth-order valence-electron chi connectivity index (χ4n) is 5.09. The second-order valence-electron chi connectivity index (χ2n) is 9.62. The van der Waals surface area contributed by atoms with Crippen LogP contribution >= 0.6 is 23.2 Å². The lowest BCUT2D eigenvalue weighted by Gasteiger charge is -2.22. The van der Waals surface area contributed by atoms with Crippen LogP contribution in [0.1, 0.15) is 66.9 Å². The number of halogens is 2. The summed E-state index contributed by atoms with van der Waals surface area (Å²) in [7, 11) is -3.95. The third-order valence-electron chi connectivity index (χ3n) is 6.94. The first-order chi connectivity index (χ1) is 17.2. The van der Waals surface area contributed by atoms with Crippen LogP contribution in [0, 0.1) is 5.92 Å². The number of anilines is 1. The van der Waals surface area contributed by atoms with E-state index in [1.54, 1.807) is 18.2 Å². The van der Waals surface area contributed by atoms with Crippen molar-refractivity contribution in [1.29, 1.82) is 0 Å². The second kappa shape index (κ2) is 10.1. The van der Waals surface area contributed by atoms with E-state index in [1.165, 1.54) is 18.2 Å². The highest BCUT2D eigenvalue weighted by Gasteiger charge is 2.38. The number of benzene rings is 2. The molecule has 5 rings (SSSR count). The van der Waals surface area contributed by atoms with Gasteiger partial charge in [0.2, 0.25) is 0 Å². The molecule has 0 amide bonds. The number of aryl methyl sites for hydroxylation is 1. The fourth-order valence-corrected chi connectivity index (χ4v) is 6.87. The summed E-state index contributed by atoms with van der Waals surface area (Å²) in [5, 5.41) is 11.7. The third kappa shape index (κ3) is 5.29. The van der Waals surface area contributed by atoms with Gasteiger partial charge in [-0.25, -0.2) is 13.2 Å². The number of sulfonamides is 1. The predicted octanol–water partition coefficient (Wildman–Crippen LogP) is 6.65. The van der Waals surface area contributed by atoms with Gasteiger partial charge in [-0.3, -0.25) is 4.72 Å². The molecule has 1 aromatic heterocycles. The topological polar surface area (TPSA) is 96.6 Å². The van der Waals surface area contributed by atoms with Crippen molar-refractivity contribution in [3.8, 4) is 5.75 Å². The summed E-state index contributed by atoms with van der Waals surface area (Å²) in [5.74, 6) is 0.419. The normalized spacial score (nSPS) is 17.1. The minimum atomic E-state index is -3.95. The van der Waals surface area contributed by atoms with E-state index < -0.39 is 15.6 Å². The molecule has 1 atom stereocenters. The summed E-state index contributed by atoms with van der Waals surface area (Å²) in [5.41, 5.74) is 1.59. The smallest absolute Gasteiger partial charge is 0.343 e. The van der Waals surface area contributed by atoms with E-state index in [-0.39, 0.29) is 38.1 Å². The maximum Gasteiger partial charge on any atom is 0.343 e. The van der Waals surface area contributed by atoms with Gasteiger partial charge in [-0.15, -0.1) is 0 Å². The molecule has 1 saturated carbocycles. The van der Waals surface area contributed by atoms with E-state index in [2.05, 4.69) is 4.72 Å². The number of nitrogens with one attached hydrogen (secondary N) is 1. The Morgan fingerprint density at radius 2 is 1.67 bits per heavy atom. The lowest BCUT2D eigenvalue weighted by Crippen LogP contribution is -2.19. The van der Waals surface area contributed by atoms with Crippen LogP contribution < -0.4 is 10.3 Å². The van der Waals surface area contributed by atoms with Gasteiger partial charge >= 0.3 is 5.63 Å². The molecule has 2 N–H and O–H groups in total. The van der Waals surface area contributed by atoms with E-state index >= 15 is 0 Å². The summed E-state index contributed by atoms with van der Waals surface area (Å²) in [6.07, 6.45) is 7.19. The molecule has 2 aliphatic rings. The van der Waals surface area contributed by atoms with Crippen molar-refractivity contribution in [2.75, 3.05) is 4.72 Å². The molecular formula is C27H27Cl2NO5S. The van der Waals surface area contributed by atoms with Crippen LogP contribution in [-0.2, 0) is 22.9 Å². The second-order valence-corrected chi connectivity index (χ2v) is 12.2. The number of rotatable bonds is 6. The van der Waals surface area contributed by atoms with Crippen molar-refractivity contribution >= 4 is 38.9 Å². The highest BCUT2D eigenvalue weighted by Crippen LogP contribution is 2.49. The van der Waals surface area contributed by atoms with Gasteiger partial charge in [0.1, 0.15) is 11.5 Å². The van der Waals surface area contributed by atoms with Gasteiger partial charge in [-0.05, 0) is 73.9 Å². The minimum Gasteiger partial charge on any atom is -0.507 e. The Hall–Kier alpha value is -2.48. The van der Waals surface area contributed by atoms with Gasteiger partial charge in [0.25, 0.3) is 10.0 Å². The van der Waals surface area contributed by atoms with Gasteiger partial charge < -0.3 is 9.52 Å². The molecule has 0 saturated heterocycles. The molecular weight excluding hydrogens is 521 g/mol. The fraction of sp³-hybridized carbons (Fsp3) is 0.370. The molecule has 0 spiro atoms. The van der Waals surface area contributed by atoms with Crippen LogP contribution in [0.5, 0.6) is 5.75 Å².